The third-order valence-electron chi connectivity index (χ3n) is 9.82. The van der Waals surface area contributed by atoms with Crippen LogP contribution in [-0.4, -0.2) is 0 Å². The summed E-state index contributed by atoms with van der Waals surface area (Å²) in [6.45, 7) is 0. The predicted octanol–water partition coefficient (Wildman–Crippen LogP) is 14.6. The molecular formula is C44H25NS3. The second kappa shape index (κ2) is 10.1. The van der Waals surface area contributed by atoms with Gasteiger partial charge in [-0.3, -0.25) is 0 Å². The topological polar surface area (TPSA) is 3.24 Å². The third kappa shape index (κ3) is 3.82. The molecule has 3 heterocycles. The van der Waals surface area contributed by atoms with Crippen LogP contribution in [0.4, 0.5) is 17.1 Å². The molecule has 0 unspecified atom stereocenters. The zero-order valence-electron chi connectivity index (χ0n) is 25.6. The van der Waals surface area contributed by atoms with E-state index in [9.17, 15) is 0 Å². The molecule has 0 amide bonds. The lowest BCUT2D eigenvalue weighted by atomic mass is 10.0. The molecule has 0 saturated heterocycles. The van der Waals surface area contributed by atoms with Crippen molar-refractivity contribution in [3.8, 4) is 0 Å². The van der Waals surface area contributed by atoms with E-state index in [4.69, 9.17) is 0 Å². The number of fused-ring (bicyclic) bond motifs is 14. The molecule has 224 valence electrons. The number of nitrogens with zero attached hydrogens (tertiary/aromatic N) is 1. The zero-order chi connectivity index (χ0) is 31.3. The zero-order valence-corrected chi connectivity index (χ0v) is 28.1. The van der Waals surface area contributed by atoms with Crippen molar-refractivity contribution in [1.29, 1.82) is 0 Å². The summed E-state index contributed by atoms with van der Waals surface area (Å²) >= 11 is 5.72. The van der Waals surface area contributed by atoms with E-state index in [0.29, 0.717) is 0 Å². The monoisotopic (exact) mass is 663 g/mol. The highest BCUT2D eigenvalue weighted by atomic mass is 32.1. The van der Waals surface area contributed by atoms with Crippen molar-refractivity contribution in [2.75, 3.05) is 4.90 Å². The molecular weight excluding hydrogens is 639 g/mol. The van der Waals surface area contributed by atoms with Gasteiger partial charge in [-0.05, 0) is 76.1 Å². The van der Waals surface area contributed by atoms with Crippen molar-refractivity contribution in [2.24, 2.45) is 0 Å². The van der Waals surface area contributed by atoms with Crippen LogP contribution in [0.5, 0.6) is 0 Å². The summed E-state index contributed by atoms with van der Waals surface area (Å²) in [5, 5.41) is 13.3. The maximum Gasteiger partial charge on any atom is 0.0476 e. The van der Waals surface area contributed by atoms with Crippen molar-refractivity contribution in [2.45, 2.75) is 0 Å². The molecule has 0 aliphatic rings. The van der Waals surface area contributed by atoms with E-state index in [-0.39, 0.29) is 0 Å². The molecule has 0 aliphatic carbocycles. The van der Waals surface area contributed by atoms with Gasteiger partial charge in [0.05, 0.1) is 0 Å². The number of para-hydroxylation sites is 1. The molecule has 11 rings (SSSR count). The minimum Gasteiger partial charge on any atom is -0.310 e. The molecule has 0 bridgehead atoms. The van der Waals surface area contributed by atoms with Gasteiger partial charge in [0, 0.05) is 77.6 Å². The predicted molar refractivity (Wildman–Crippen MR) is 215 cm³/mol. The fourth-order valence-electron chi connectivity index (χ4n) is 7.65. The molecule has 0 N–H and O–H groups in total. The average molecular weight is 664 g/mol. The van der Waals surface area contributed by atoms with Crippen molar-refractivity contribution in [3.05, 3.63) is 152 Å². The summed E-state index contributed by atoms with van der Waals surface area (Å²) in [6.07, 6.45) is 0. The Hall–Kier alpha value is -5.26. The first-order chi connectivity index (χ1) is 23.8. The summed E-state index contributed by atoms with van der Waals surface area (Å²) in [6, 6.07) is 56.2. The maximum absolute atomic E-state index is 2.42. The van der Waals surface area contributed by atoms with Gasteiger partial charge in [-0.2, -0.15) is 0 Å². The van der Waals surface area contributed by atoms with Crippen LogP contribution in [0.1, 0.15) is 0 Å². The molecule has 0 atom stereocenters. The van der Waals surface area contributed by atoms with Crippen LogP contribution in [0.25, 0.3) is 82.1 Å². The minimum atomic E-state index is 1.15. The summed E-state index contributed by atoms with van der Waals surface area (Å²) in [5.41, 5.74) is 3.49. The Kier molecular flexibility index (Phi) is 5.64. The van der Waals surface area contributed by atoms with Crippen LogP contribution in [0.15, 0.2) is 152 Å². The molecule has 1 nitrogen and oxygen atoms in total. The largest absolute Gasteiger partial charge is 0.310 e. The molecule has 0 spiro atoms. The summed E-state index contributed by atoms with van der Waals surface area (Å²) in [4.78, 5) is 2.42. The van der Waals surface area contributed by atoms with Gasteiger partial charge in [0.2, 0.25) is 0 Å². The fraction of sp³-hybridized carbons (Fsp3) is 0. The van der Waals surface area contributed by atoms with Crippen LogP contribution >= 0.6 is 34.0 Å². The maximum atomic E-state index is 2.42. The minimum absolute atomic E-state index is 1.15. The number of rotatable bonds is 3. The first-order valence-corrected chi connectivity index (χ1v) is 18.6. The van der Waals surface area contributed by atoms with Crippen LogP contribution in [0.2, 0.25) is 0 Å². The van der Waals surface area contributed by atoms with Crippen molar-refractivity contribution < 1.29 is 0 Å². The molecule has 11 aromatic rings. The van der Waals surface area contributed by atoms with E-state index >= 15 is 0 Å². The molecule has 0 aliphatic heterocycles. The Morgan fingerprint density at radius 3 is 1.67 bits per heavy atom. The SMILES string of the molecule is c1ccc(N(c2ccc3c(c2)sc2c4ccccc4ccc32)c2ccc3sc4ccc5sc6c7ccccc7ccc6c5c4c3c2)cc1. The molecule has 8 aromatic carbocycles. The fourth-order valence-corrected chi connectivity index (χ4v) is 11.3. The summed E-state index contributed by atoms with van der Waals surface area (Å²) in [7, 11) is 0. The Balaban J connectivity index is 1.16. The third-order valence-corrected chi connectivity index (χ3v) is 13.4. The lowest BCUT2D eigenvalue weighted by Crippen LogP contribution is -2.09. The van der Waals surface area contributed by atoms with E-state index in [0.717, 1.165) is 5.69 Å². The van der Waals surface area contributed by atoms with Gasteiger partial charge in [-0.25, -0.2) is 0 Å². The average Bonchev–Trinajstić information content (AvgIpc) is 3.83. The van der Waals surface area contributed by atoms with Gasteiger partial charge < -0.3 is 4.90 Å². The Bertz CT molecular complexity index is 3070. The second-order valence-corrected chi connectivity index (χ2v) is 15.7. The van der Waals surface area contributed by atoms with Crippen molar-refractivity contribution in [1.82, 2.24) is 0 Å². The van der Waals surface area contributed by atoms with Crippen LogP contribution < -0.4 is 4.90 Å². The van der Waals surface area contributed by atoms with E-state index in [2.05, 4.69) is 157 Å². The van der Waals surface area contributed by atoms with Crippen LogP contribution in [0, 0.1) is 0 Å². The van der Waals surface area contributed by atoms with E-state index < -0.39 is 0 Å². The number of hydrogen-bond donors (Lipinski definition) is 0. The van der Waals surface area contributed by atoms with Gasteiger partial charge in [0.1, 0.15) is 0 Å². The highest BCUT2D eigenvalue weighted by molar-refractivity contribution is 7.28. The Morgan fingerprint density at radius 1 is 0.312 bits per heavy atom. The van der Waals surface area contributed by atoms with Crippen LogP contribution in [-0.2, 0) is 0 Å². The number of anilines is 3. The molecule has 0 saturated carbocycles. The highest BCUT2D eigenvalue weighted by Gasteiger charge is 2.19. The van der Waals surface area contributed by atoms with Gasteiger partial charge in [-0.15, -0.1) is 34.0 Å². The molecule has 0 fully saturated rings. The van der Waals surface area contributed by atoms with Gasteiger partial charge >= 0.3 is 0 Å². The normalized spacial score (nSPS) is 12.2. The van der Waals surface area contributed by atoms with Crippen molar-refractivity contribution >= 4 is 133 Å². The molecule has 48 heavy (non-hydrogen) atoms. The lowest BCUT2D eigenvalue weighted by molar-refractivity contribution is 1.30. The molecule has 3 aromatic heterocycles. The number of hydrogen-bond acceptors (Lipinski definition) is 4. The summed E-state index contributed by atoms with van der Waals surface area (Å²) in [5.74, 6) is 0. The quantitative estimate of drug-likeness (QED) is 0.182. The van der Waals surface area contributed by atoms with Crippen LogP contribution in [0.3, 0.4) is 0 Å². The second-order valence-electron chi connectivity index (χ2n) is 12.5. The van der Waals surface area contributed by atoms with Gasteiger partial charge in [0.15, 0.2) is 0 Å². The Morgan fingerprint density at radius 2 is 0.875 bits per heavy atom. The van der Waals surface area contributed by atoms with E-state index in [1.165, 1.54) is 93.4 Å². The molecule has 0 radical (unpaired) electrons. The van der Waals surface area contributed by atoms with Gasteiger partial charge in [-0.1, -0.05) is 97.1 Å². The van der Waals surface area contributed by atoms with Gasteiger partial charge in [0.25, 0.3) is 0 Å². The number of benzene rings is 8. The lowest BCUT2D eigenvalue weighted by Gasteiger charge is -2.25. The number of thiophene rings is 3. The Labute approximate surface area is 288 Å². The smallest absolute Gasteiger partial charge is 0.0476 e. The first-order valence-electron chi connectivity index (χ1n) is 16.2. The molecule has 4 heteroatoms. The summed E-state index contributed by atoms with van der Waals surface area (Å²) < 4.78 is 8.05. The highest BCUT2D eigenvalue weighted by Crippen LogP contribution is 2.48. The van der Waals surface area contributed by atoms with E-state index in [1.54, 1.807) is 0 Å². The van der Waals surface area contributed by atoms with E-state index in [1.807, 2.05) is 34.0 Å². The first kappa shape index (κ1) is 26.8. The standard InChI is InChI=1S/C44H25NS3/c1-2-10-28(11-3-1)45(30-16-20-33-34-18-14-26-8-4-6-12-31(26)43(34)48-40(33)25-30)29-17-21-37-36(24-29)42-38(46-37)22-23-39-41(42)35-19-15-27-9-5-7-13-32(27)44(35)47-39/h1-25H. The van der Waals surface area contributed by atoms with Crippen molar-refractivity contribution in [3.63, 3.8) is 0 Å².